The highest BCUT2D eigenvalue weighted by Gasteiger charge is 2.22. The summed E-state index contributed by atoms with van der Waals surface area (Å²) in [6.07, 6.45) is 0. The van der Waals surface area contributed by atoms with E-state index < -0.39 is 0 Å². The van der Waals surface area contributed by atoms with Crippen LogP contribution in [0.15, 0.2) is 36.4 Å². The molecule has 0 heteroatoms. The van der Waals surface area contributed by atoms with Gasteiger partial charge in [-0.25, -0.2) is 0 Å². The Morgan fingerprint density at radius 3 is 2.67 bits per heavy atom. The Hall–Kier alpha value is -1.56. The van der Waals surface area contributed by atoms with E-state index in [1.165, 1.54) is 32.7 Å². The number of fused-ring (bicyclic) bond motifs is 3. The van der Waals surface area contributed by atoms with E-state index in [1.807, 2.05) is 0 Å². The average molecular weight is 150 g/mol. The van der Waals surface area contributed by atoms with Gasteiger partial charge in [0.1, 0.15) is 0 Å². The molecule has 2 aliphatic rings. The van der Waals surface area contributed by atoms with Crippen LogP contribution in [-0.2, 0) is 0 Å². The maximum atomic E-state index is 2.30. The molecule has 2 aliphatic carbocycles. The van der Waals surface area contributed by atoms with Gasteiger partial charge in [-0.1, -0.05) is 30.3 Å². The van der Waals surface area contributed by atoms with Gasteiger partial charge in [0.2, 0.25) is 0 Å². The molecule has 2 aromatic rings. The van der Waals surface area contributed by atoms with Gasteiger partial charge in [-0.2, -0.15) is 0 Å². The van der Waals surface area contributed by atoms with Crippen molar-refractivity contribution in [2.45, 2.75) is 0 Å². The molecule has 0 heterocycles. The van der Waals surface area contributed by atoms with Crippen LogP contribution < -0.4 is 0 Å². The topological polar surface area (TPSA) is 0 Å². The van der Waals surface area contributed by atoms with Crippen LogP contribution in [-0.4, -0.2) is 0 Å². The first-order valence-electron chi connectivity index (χ1n) is 4.23. The van der Waals surface area contributed by atoms with E-state index in [0.29, 0.717) is 0 Å². The van der Waals surface area contributed by atoms with E-state index in [-0.39, 0.29) is 0 Å². The average Bonchev–Trinajstić information content (AvgIpc) is 2.33. The second-order valence-electron chi connectivity index (χ2n) is 3.49. The fraction of sp³-hybridized carbons (Fsp3) is 0. The predicted octanol–water partition coefficient (Wildman–Crippen LogP) is 3.41. The molecule has 4 rings (SSSR count). The predicted molar refractivity (Wildman–Crippen MR) is 51.6 cm³/mol. The van der Waals surface area contributed by atoms with Crippen LogP contribution >= 0.6 is 0 Å². The maximum Gasteiger partial charge on any atom is -0.00201 e. The van der Waals surface area contributed by atoms with E-state index in [1.54, 1.807) is 0 Å². The van der Waals surface area contributed by atoms with Crippen LogP contribution in [0.5, 0.6) is 0 Å². The molecule has 0 atom stereocenters. The first-order chi connectivity index (χ1) is 5.95. The molecule has 0 aromatic heterocycles. The lowest BCUT2D eigenvalue weighted by Crippen LogP contribution is -1.85. The summed E-state index contributed by atoms with van der Waals surface area (Å²) in [6.45, 7) is 0. The van der Waals surface area contributed by atoms with Gasteiger partial charge in [-0.05, 0) is 38.7 Å². The van der Waals surface area contributed by atoms with Crippen LogP contribution in [0.1, 0.15) is 0 Å². The van der Waals surface area contributed by atoms with Gasteiger partial charge in [-0.3, -0.25) is 0 Å². The zero-order valence-corrected chi connectivity index (χ0v) is 6.46. The third kappa shape index (κ3) is 0.333. The van der Waals surface area contributed by atoms with Gasteiger partial charge in [0, 0.05) is 0 Å². The second-order valence-corrected chi connectivity index (χ2v) is 3.49. The van der Waals surface area contributed by atoms with Gasteiger partial charge >= 0.3 is 0 Å². The Morgan fingerprint density at radius 1 is 0.750 bits per heavy atom. The van der Waals surface area contributed by atoms with E-state index in [0.717, 1.165) is 0 Å². The number of rotatable bonds is 0. The summed E-state index contributed by atoms with van der Waals surface area (Å²) in [5.41, 5.74) is 2.96. The molecule has 0 radical (unpaired) electrons. The SMILES string of the molecule is c1cc2c3c(c1)c1ccc2cc1-3. The maximum absolute atomic E-state index is 2.30. The van der Waals surface area contributed by atoms with E-state index in [4.69, 9.17) is 0 Å². The second kappa shape index (κ2) is 1.34. The molecular formula is C12H6. The summed E-state index contributed by atoms with van der Waals surface area (Å²) in [6, 6.07) is 13.3. The van der Waals surface area contributed by atoms with Crippen molar-refractivity contribution in [3.8, 4) is 11.1 Å². The van der Waals surface area contributed by atoms with E-state index in [9.17, 15) is 0 Å². The summed E-state index contributed by atoms with van der Waals surface area (Å²) in [4.78, 5) is 0. The van der Waals surface area contributed by atoms with Crippen molar-refractivity contribution in [1.29, 1.82) is 0 Å². The van der Waals surface area contributed by atoms with Gasteiger partial charge < -0.3 is 0 Å². The molecule has 0 unspecified atom stereocenters. The zero-order valence-electron chi connectivity index (χ0n) is 6.46. The van der Waals surface area contributed by atoms with Gasteiger partial charge in [0.05, 0.1) is 0 Å². The summed E-state index contributed by atoms with van der Waals surface area (Å²) in [5, 5.41) is 5.71. The van der Waals surface area contributed by atoms with Crippen LogP contribution in [0.3, 0.4) is 0 Å². The zero-order chi connectivity index (χ0) is 7.71. The molecule has 2 aromatic carbocycles. The monoisotopic (exact) mass is 150 g/mol. The minimum atomic E-state index is 1.39. The smallest absolute Gasteiger partial charge is 0.00201 e. The first kappa shape index (κ1) is 5.15. The number of hydrogen-bond acceptors (Lipinski definition) is 0. The molecule has 0 nitrogen and oxygen atoms in total. The molecule has 54 valence electrons. The van der Waals surface area contributed by atoms with Gasteiger partial charge in [0.15, 0.2) is 0 Å². The Labute approximate surface area is 69.8 Å². The lowest BCUT2D eigenvalue weighted by Gasteiger charge is -2.12. The minimum Gasteiger partial charge on any atom is -0.0610 e. The molecule has 0 saturated carbocycles. The van der Waals surface area contributed by atoms with Gasteiger partial charge in [0.25, 0.3) is 0 Å². The highest BCUT2D eigenvalue weighted by molar-refractivity contribution is 6.27. The third-order valence-corrected chi connectivity index (χ3v) is 2.95. The molecule has 0 amide bonds. The first-order valence-corrected chi connectivity index (χ1v) is 4.23. The molecule has 0 fully saturated rings. The Balaban J connectivity index is 2.65. The molecule has 0 N–H and O–H groups in total. The Morgan fingerprint density at radius 2 is 1.67 bits per heavy atom. The van der Waals surface area contributed by atoms with Crippen molar-refractivity contribution < 1.29 is 0 Å². The summed E-state index contributed by atoms with van der Waals surface area (Å²) in [5.74, 6) is 0. The van der Waals surface area contributed by atoms with Crippen molar-refractivity contribution in [3.05, 3.63) is 36.4 Å². The molecule has 0 spiro atoms. The van der Waals surface area contributed by atoms with Crippen molar-refractivity contribution in [2.24, 2.45) is 0 Å². The largest absolute Gasteiger partial charge is 0.0610 e. The number of hydrogen-bond donors (Lipinski definition) is 0. The van der Waals surface area contributed by atoms with Crippen molar-refractivity contribution in [1.82, 2.24) is 0 Å². The Kier molecular flexibility index (Phi) is 0.573. The number of benzene rings is 2. The molecule has 0 saturated heterocycles. The standard InChI is InChI=1S/C12H6/c1-2-8-7-4-5-9-10(3-1)12(8)11(9)6-7/h1-6H. The molecule has 0 aliphatic heterocycles. The highest BCUT2D eigenvalue weighted by Crippen LogP contribution is 2.49. The van der Waals surface area contributed by atoms with Crippen LogP contribution in [0, 0.1) is 0 Å². The fourth-order valence-electron chi connectivity index (χ4n) is 2.40. The summed E-state index contributed by atoms with van der Waals surface area (Å²) < 4.78 is 0. The normalized spacial score (nSPS) is 13.0. The van der Waals surface area contributed by atoms with Crippen molar-refractivity contribution in [3.63, 3.8) is 0 Å². The summed E-state index contributed by atoms with van der Waals surface area (Å²) in [7, 11) is 0. The van der Waals surface area contributed by atoms with Crippen LogP contribution in [0.2, 0.25) is 0 Å². The quantitative estimate of drug-likeness (QED) is 0.360. The van der Waals surface area contributed by atoms with Crippen molar-refractivity contribution in [2.75, 3.05) is 0 Å². The third-order valence-electron chi connectivity index (χ3n) is 2.95. The fourth-order valence-corrected chi connectivity index (χ4v) is 2.40. The van der Waals surface area contributed by atoms with Gasteiger partial charge in [-0.15, -0.1) is 0 Å². The molecule has 12 heavy (non-hydrogen) atoms. The van der Waals surface area contributed by atoms with Crippen molar-refractivity contribution >= 4 is 21.5 Å². The lowest BCUT2D eigenvalue weighted by molar-refractivity contribution is 1.79. The summed E-state index contributed by atoms with van der Waals surface area (Å²) >= 11 is 0. The molecule has 2 bridgehead atoms. The van der Waals surface area contributed by atoms with Crippen LogP contribution in [0.4, 0.5) is 0 Å². The lowest BCUT2D eigenvalue weighted by atomic mass is 9.90. The molecular weight excluding hydrogens is 144 g/mol. The van der Waals surface area contributed by atoms with E-state index in [2.05, 4.69) is 36.4 Å². The minimum absolute atomic E-state index is 1.39. The van der Waals surface area contributed by atoms with Crippen LogP contribution in [0.25, 0.3) is 32.7 Å². The Bertz CT molecular complexity index is 600. The van der Waals surface area contributed by atoms with E-state index >= 15 is 0 Å². The highest BCUT2D eigenvalue weighted by atomic mass is 14.2.